The lowest BCUT2D eigenvalue weighted by molar-refractivity contribution is 0.0649. The van der Waals surface area contributed by atoms with Gasteiger partial charge in [-0.25, -0.2) is 4.68 Å². The molecule has 0 unspecified atom stereocenters. The highest BCUT2D eigenvalue weighted by Gasteiger charge is 2.25. The molecule has 0 bridgehead atoms. The lowest BCUT2D eigenvalue weighted by atomic mass is 10.2. The first-order chi connectivity index (χ1) is 11.1. The SMILES string of the molecule is COc1ccc(C)cc1-n1ccc(C(=O)N2CCNC[C@@H]2C)n1.Cl. The first-order valence-electron chi connectivity index (χ1n) is 7.82. The van der Waals surface area contributed by atoms with E-state index in [4.69, 9.17) is 4.74 Å². The Kier molecular flexibility index (Phi) is 5.85. The Morgan fingerprint density at radius 3 is 2.88 bits per heavy atom. The normalized spacial score (nSPS) is 17.3. The Balaban J connectivity index is 0.00000208. The van der Waals surface area contributed by atoms with E-state index < -0.39 is 0 Å². The summed E-state index contributed by atoms with van der Waals surface area (Å²) in [5, 5.41) is 7.75. The molecular weight excluding hydrogens is 328 g/mol. The van der Waals surface area contributed by atoms with E-state index in [2.05, 4.69) is 10.4 Å². The Labute approximate surface area is 148 Å². The molecule has 1 aliphatic heterocycles. The van der Waals surface area contributed by atoms with E-state index in [1.165, 1.54) is 0 Å². The number of nitrogens with zero attached hydrogens (tertiary/aromatic N) is 3. The van der Waals surface area contributed by atoms with E-state index in [1.807, 2.05) is 36.9 Å². The van der Waals surface area contributed by atoms with Crippen LogP contribution in [0.3, 0.4) is 0 Å². The van der Waals surface area contributed by atoms with Gasteiger partial charge < -0.3 is 15.0 Å². The fourth-order valence-electron chi connectivity index (χ4n) is 2.84. The van der Waals surface area contributed by atoms with Crippen molar-refractivity contribution < 1.29 is 9.53 Å². The van der Waals surface area contributed by atoms with Crippen LogP contribution in [-0.4, -0.2) is 53.4 Å². The number of ether oxygens (including phenoxy) is 1. The van der Waals surface area contributed by atoms with Crippen LogP contribution in [-0.2, 0) is 0 Å². The van der Waals surface area contributed by atoms with Gasteiger partial charge in [-0.1, -0.05) is 6.07 Å². The molecule has 0 radical (unpaired) electrons. The van der Waals surface area contributed by atoms with Gasteiger partial charge in [0.2, 0.25) is 0 Å². The van der Waals surface area contributed by atoms with Crippen LogP contribution in [0.15, 0.2) is 30.5 Å². The lowest BCUT2D eigenvalue weighted by Crippen LogP contribution is -2.52. The average Bonchev–Trinajstić information content (AvgIpc) is 3.04. The molecule has 1 amide bonds. The van der Waals surface area contributed by atoms with Crippen LogP contribution in [0.2, 0.25) is 0 Å². The second-order valence-corrected chi connectivity index (χ2v) is 5.87. The van der Waals surface area contributed by atoms with E-state index in [9.17, 15) is 4.79 Å². The number of amides is 1. The molecule has 0 aliphatic carbocycles. The summed E-state index contributed by atoms with van der Waals surface area (Å²) in [5.74, 6) is 0.706. The van der Waals surface area contributed by atoms with Crippen molar-refractivity contribution in [2.24, 2.45) is 0 Å². The lowest BCUT2D eigenvalue weighted by Gasteiger charge is -2.33. The molecule has 3 rings (SSSR count). The number of methoxy groups -OCH3 is 1. The minimum atomic E-state index is -0.0237. The number of carbonyl (C=O) groups excluding carboxylic acids is 1. The third kappa shape index (κ3) is 3.55. The van der Waals surface area contributed by atoms with Crippen LogP contribution in [0.25, 0.3) is 5.69 Å². The summed E-state index contributed by atoms with van der Waals surface area (Å²) >= 11 is 0. The van der Waals surface area contributed by atoms with Gasteiger partial charge in [-0.3, -0.25) is 4.79 Å². The third-order valence-corrected chi connectivity index (χ3v) is 4.15. The smallest absolute Gasteiger partial charge is 0.274 e. The monoisotopic (exact) mass is 350 g/mol. The number of carbonyl (C=O) groups is 1. The molecule has 1 aliphatic rings. The predicted octanol–water partition coefficient (Wildman–Crippen LogP) is 2.05. The number of benzene rings is 1. The van der Waals surface area contributed by atoms with Crippen molar-refractivity contribution in [3.05, 3.63) is 41.7 Å². The number of nitrogens with one attached hydrogen (secondary N) is 1. The first-order valence-corrected chi connectivity index (χ1v) is 7.82. The number of aromatic nitrogens is 2. The van der Waals surface area contributed by atoms with Crippen LogP contribution in [0.1, 0.15) is 23.0 Å². The topological polar surface area (TPSA) is 59.4 Å². The maximum atomic E-state index is 12.7. The van der Waals surface area contributed by atoms with E-state index in [1.54, 1.807) is 24.1 Å². The van der Waals surface area contributed by atoms with Crippen molar-refractivity contribution in [1.29, 1.82) is 0 Å². The molecule has 1 aromatic heterocycles. The predicted molar refractivity (Wildman–Crippen MR) is 95.5 cm³/mol. The average molecular weight is 351 g/mol. The molecule has 2 aromatic rings. The van der Waals surface area contributed by atoms with Crippen LogP contribution in [0.4, 0.5) is 0 Å². The summed E-state index contributed by atoms with van der Waals surface area (Å²) in [4.78, 5) is 14.5. The molecule has 0 saturated carbocycles. The van der Waals surface area contributed by atoms with E-state index in [0.717, 1.165) is 30.1 Å². The summed E-state index contributed by atoms with van der Waals surface area (Å²) in [5.41, 5.74) is 2.40. The fraction of sp³-hybridized carbons (Fsp3) is 0.412. The van der Waals surface area contributed by atoms with Crippen LogP contribution >= 0.6 is 12.4 Å². The van der Waals surface area contributed by atoms with Gasteiger partial charge in [-0.2, -0.15) is 5.10 Å². The Bertz CT molecular complexity index is 716. The molecule has 6 nitrogen and oxygen atoms in total. The maximum Gasteiger partial charge on any atom is 0.274 e. The molecule has 1 aromatic carbocycles. The summed E-state index contributed by atoms with van der Waals surface area (Å²) in [6, 6.07) is 7.83. The molecule has 1 atom stereocenters. The maximum absolute atomic E-state index is 12.7. The van der Waals surface area contributed by atoms with Gasteiger partial charge in [0.1, 0.15) is 11.4 Å². The number of hydrogen-bond acceptors (Lipinski definition) is 4. The Morgan fingerprint density at radius 2 is 2.17 bits per heavy atom. The quantitative estimate of drug-likeness (QED) is 0.920. The number of halogens is 1. The van der Waals surface area contributed by atoms with Crippen molar-refractivity contribution in [3.8, 4) is 11.4 Å². The molecule has 1 N–H and O–H groups in total. The fourth-order valence-corrected chi connectivity index (χ4v) is 2.84. The molecule has 1 fully saturated rings. The van der Waals surface area contributed by atoms with Crippen LogP contribution in [0, 0.1) is 6.92 Å². The van der Waals surface area contributed by atoms with Crippen molar-refractivity contribution in [2.75, 3.05) is 26.7 Å². The summed E-state index contributed by atoms with van der Waals surface area (Å²) in [6.07, 6.45) is 1.80. The molecule has 130 valence electrons. The number of aryl methyl sites for hydroxylation is 1. The molecule has 0 spiro atoms. The van der Waals surface area contributed by atoms with Gasteiger partial charge in [0.25, 0.3) is 5.91 Å². The van der Waals surface area contributed by atoms with Crippen molar-refractivity contribution in [3.63, 3.8) is 0 Å². The molecule has 2 heterocycles. The van der Waals surface area contributed by atoms with Crippen molar-refractivity contribution in [2.45, 2.75) is 19.9 Å². The van der Waals surface area contributed by atoms with Gasteiger partial charge in [0, 0.05) is 31.9 Å². The van der Waals surface area contributed by atoms with Gasteiger partial charge in [0.15, 0.2) is 5.69 Å². The Hall–Kier alpha value is -2.05. The Morgan fingerprint density at radius 1 is 1.38 bits per heavy atom. The van der Waals surface area contributed by atoms with Gasteiger partial charge in [-0.15, -0.1) is 12.4 Å². The minimum absolute atomic E-state index is 0. The van der Waals surface area contributed by atoms with Gasteiger partial charge in [0.05, 0.1) is 7.11 Å². The van der Waals surface area contributed by atoms with E-state index in [0.29, 0.717) is 12.2 Å². The van der Waals surface area contributed by atoms with Gasteiger partial charge >= 0.3 is 0 Å². The summed E-state index contributed by atoms with van der Waals surface area (Å²) in [6.45, 7) is 6.41. The number of piperazine rings is 1. The summed E-state index contributed by atoms with van der Waals surface area (Å²) in [7, 11) is 1.63. The third-order valence-electron chi connectivity index (χ3n) is 4.15. The van der Waals surface area contributed by atoms with Crippen molar-refractivity contribution in [1.82, 2.24) is 20.0 Å². The zero-order valence-corrected chi connectivity index (χ0v) is 15.0. The second-order valence-electron chi connectivity index (χ2n) is 5.87. The number of rotatable bonds is 3. The second kappa shape index (κ2) is 7.68. The highest BCUT2D eigenvalue weighted by atomic mass is 35.5. The highest BCUT2D eigenvalue weighted by molar-refractivity contribution is 5.92. The molecular formula is C17H23ClN4O2. The first kappa shape index (κ1) is 18.3. The van der Waals surface area contributed by atoms with Crippen LogP contribution in [0.5, 0.6) is 5.75 Å². The molecule has 1 saturated heterocycles. The standard InChI is InChI=1S/C17H22N4O2.ClH/c1-12-4-5-16(23-3)15(10-12)21-8-6-14(19-21)17(22)20-9-7-18-11-13(20)2;/h4-6,8,10,13,18H,7,9,11H2,1-3H3;1H/t13-;/m0./s1. The van der Waals surface area contributed by atoms with Crippen molar-refractivity contribution >= 4 is 18.3 Å². The highest BCUT2D eigenvalue weighted by Crippen LogP contribution is 2.23. The molecule has 24 heavy (non-hydrogen) atoms. The molecule has 7 heteroatoms. The van der Waals surface area contributed by atoms with E-state index >= 15 is 0 Å². The summed E-state index contributed by atoms with van der Waals surface area (Å²) < 4.78 is 7.09. The zero-order valence-electron chi connectivity index (χ0n) is 14.2. The number of hydrogen-bond donors (Lipinski definition) is 1. The van der Waals surface area contributed by atoms with E-state index in [-0.39, 0.29) is 24.4 Å². The van der Waals surface area contributed by atoms with Crippen LogP contribution < -0.4 is 10.1 Å². The zero-order chi connectivity index (χ0) is 16.4. The van der Waals surface area contributed by atoms with Gasteiger partial charge in [-0.05, 0) is 37.6 Å². The largest absolute Gasteiger partial charge is 0.494 e. The minimum Gasteiger partial charge on any atom is -0.494 e.